The van der Waals surface area contributed by atoms with Gasteiger partial charge in [-0.25, -0.2) is 4.98 Å². The molecule has 0 amide bonds. The molecule has 5 heteroatoms. The highest BCUT2D eigenvalue weighted by Crippen LogP contribution is 2.37. The van der Waals surface area contributed by atoms with Gasteiger partial charge in [-0.05, 0) is 30.7 Å². The maximum Gasteiger partial charge on any atom is 0.197 e. The second-order valence-corrected chi connectivity index (χ2v) is 8.62. The number of ether oxygens (including phenoxy) is 1. The summed E-state index contributed by atoms with van der Waals surface area (Å²) in [4.78, 5) is 19.5. The Morgan fingerprint density at radius 3 is 2.18 bits per heavy atom. The van der Waals surface area contributed by atoms with Crippen molar-refractivity contribution in [2.45, 2.75) is 6.92 Å². The van der Waals surface area contributed by atoms with E-state index >= 15 is 0 Å². The molecule has 2 aromatic heterocycles. The number of nitrogens with zero attached hydrogens (tertiary/aromatic N) is 2. The van der Waals surface area contributed by atoms with Gasteiger partial charge in [-0.1, -0.05) is 90.2 Å². The highest BCUT2D eigenvalue weighted by Gasteiger charge is 2.22. The average Bonchev–Trinajstić information content (AvgIpc) is 3.40. The number of hydrogen-bond acceptors (Lipinski definition) is 4. The minimum Gasteiger partial charge on any atom is -0.497 e. The third kappa shape index (κ3) is 3.99. The van der Waals surface area contributed by atoms with Crippen LogP contribution in [-0.2, 0) is 0 Å². The molecule has 2 heterocycles. The Morgan fingerprint density at radius 1 is 0.909 bits per heavy atom. The molecule has 4 nitrogen and oxygen atoms in total. The molecule has 162 valence electrons. The zero-order valence-electron chi connectivity index (χ0n) is 18.4. The molecule has 5 aromatic rings. The van der Waals surface area contributed by atoms with Gasteiger partial charge in [-0.2, -0.15) is 0 Å². The molecule has 0 aliphatic heterocycles. The summed E-state index contributed by atoms with van der Waals surface area (Å²) in [5.74, 6) is 0.760. The lowest BCUT2D eigenvalue weighted by molar-refractivity contribution is 0.105. The topological polar surface area (TPSA) is 43.6 Å². The largest absolute Gasteiger partial charge is 0.497 e. The normalized spacial score (nSPS) is 11.3. The van der Waals surface area contributed by atoms with Crippen LogP contribution in [0.15, 0.2) is 91.0 Å². The first-order valence-corrected chi connectivity index (χ1v) is 11.5. The van der Waals surface area contributed by atoms with E-state index in [9.17, 15) is 4.79 Å². The quantitative estimate of drug-likeness (QED) is 0.208. The van der Waals surface area contributed by atoms with Gasteiger partial charge in [0.15, 0.2) is 10.7 Å². The number of imidazole rings is 1. The van der Waals surface area contributed by atoms with Crippen molar-refractivity contribution < 1.29 is 9.53 Å². The van der Waals surface area contributed by atoms with Gasteiger partial charge in [-0.3, -0.25) is 9.20 Å². The number of rotatable bonds is 6. The Morgan fingerprint density at radius 2 is 1.55 bits per heavy atom. The van der Waals surface area contributed by atoms with Crippen LogP contribution < -0.4 is 4.74 Å². The number of allylic oxidation sites excluding steroid dienone is 1. The maximum atomic E-state index is 13.1. The number of carbonyl (C=O) groups is 1. The van der Waals surface area contributed by atoms with Gasteiger partial charge in [0.05, 0.1) is 23.4 Å². The number of ketones is 1. The van der Waals surface area contributed by atoms with Crippen LogP contribution in [0.4, 0.5) is 0 Å². The molecular weight excluding hydrogens is 428 g/mol. The van der Waals surface area contributed by atoms with E-state index in [4.69, 9.17) is 9.72 Å². The molecule has 3 aromatic carbocycles. The van der Waals surface area contributed by atoms with Crippen LogP contribution in [0.25, 0.3) is 33.6 Å². The Kier molecular flexibility index (Phi) is 5.63. The van der Waals surface area contributed by atoms with Gasteiger partial charge in [-0.15, -0.1) is 0 Å². The highest BCUT2D eigenvalue weighted by molar-refractivity contribution is 7.19. The van der Waals surface area contributed by atoms with E-state index in [1.54, 1.807) is 13.2 Å². The molecule has 0 radical (unpaired) electrons. The fourth-order valence-corrected chi connectivity index (χ4v) is 4.94. The molecule has 33 heavy (non-hydrogen) atoms. The summed E-state index contributed by atoms with van der Waals surface area (Å²) in [6, 6.07) is 28.0. The van der Waals surface area contributed by atoms with Crippen molar-refractivity contribution in [3.63, 3.8) is 0 Å². The van der Waals surface area contributed by atoms with Crippen molar-refractivity contribution in [3.05, 3.63) is 107 Å². The van der Waals surface area contributed by atoms with Crippen LogP contribution in [0.3, 0.4) is 0 Å². The number of benzene rings is 3. The fourth-order valence-electron chi connectivity index (χ4n) is 3.90. The Bertz CT molecular complexity index is 1450. The second-order valence-electron chi connectivity index (χ2n) is 7.65. The minimum absolute atomic E-state index is 0.0286. The van der Waals surface area contributed by atoms with Crippen molar-refractivity contribution in [2.75, 3.05) is 7.11 Å². The van der Waals surface area contributed by atoms with Crippen LogP contribution in [0, 0.1) is 6.92 Å². The van der Waals surface area contributed by atoms with Gasteiger partial charge in [0, 0.05) is 16.8 Å². The Labute approximate surface area is 196 Å². The van der Waals surface area contributed by atoms with Crippen LogP contribution >= 0.6 is 11.3 Å². The van der Waals surface area contributed by atoms with Gasteiger partial charge in [0.2, 0.25) is 0 Å². The summed E-state index contributed by atoms with van der Waals surface area (Å²) in [5, 5.41) is 0. The number of hydrogen-bond donors (Lipinski definition) is 0. The molecule has 0 bridgehead atoms. The van der Waals surface area contributed by atoms with E-state index in [2.05, 4.69) is 28.7 Å². The number of carbonyl (C=O) groups excluding carboxylic acids is 1. The first kappa shape index (κ1) is 20.9. The summed E-state index contributed by atoms with van der Waals surface area (Å²) in [7, 11) is 1.64. The van der Waals surface area contributed by atoms with E-state index in [1.807, 2.05) is 73.7 Å². The smallest absolute Gasteiger partial charge is 0.197 e. The average molecular weight is 451 g/mol. The fraction of sp³-hybridized carbons (Fsp3) is 0.0714. The van der Waals surface area contributed by atoms with Crippen LogP contribution in [0.1, 0.15) is 20.9 Å². The lowest BCUT2D eigenvalue weighted by Gasteiger charge is -2.07. The molecular formula is C28H22N2O2S. The first-order valence-electron chi connectivity index (χ1n) is 10.6. The van der Waals surface area contributed by atoms with E-state index in [-0.39, 0.29) is 5.78 Å². The first-order chi connectivity index (χ1) is 16.2. The molecule has 0 N–H and O–H groups in total. The number of aryl methyl sites for hydroxylation is 1. The van der Waals surface area contributed by atoms with Gasteiger partial charge < -0.3 is 4.74 Å². The molecule has 0 unspecified atom stereocenters. The van der Waals surface area contributed by atoms with E-state index in [1.165, 1.54) is 11.3 Å². The standard InChI is InChI=1S/C28H22N2O2S/c1-19-27(24(31)18-15-20-13-16-23(32-2)17-14-20)33-28-29-25(21-9-5-3-6-10-21)26(30(19)28)22-11-7-4-8-12-22/h3-18H,1-2H3. The van der Waals surface area contributed by atoms with Crippen molar-refractivity contribution in [2.24, 2.45) is 0 Å². The van der Waals surface area contributed by atoms with Crippen molar-refractivity contribution in [1.82, 2.24) is 9.38 Å². The highest BCUT2D eigenvalue weighted by atomic mass is 32.1. The monoisotopic (exact) mass is 450 g/mol. The molecule has 0 spiro atoms. The van der Waals surface area contributed by atoms with Gasteiger partial charge in [0.1, 0.15) is 5.75 Å². The summed E-state index contributed by atoms with van der Waals surface area (Å²) < 4.78 is 7.30. The van der Waals surface area contributed by atoms with Crippen LogP contribution in [0.2, 0.25) is 0 Å². The predicted octanol–water partition coefficient (Wildman–Crippen LogP) is 6.94. The molecule has 0 aliphatic carbocycles. The van der Waals surface area contributed by atoms with E-state index < -0.39 is 0 Å². The minimum atomic E-state index is -0.0286. The predicted molar refractivity (Wildman–Crippen MR) is 135 cm³/mol. The number of fused-ring (bicyclic) bond motifs is 1. The molecule has 0 aliphatic rings. The summed E-state index contributed by atoms with van der Waals surface area (Å²) >= 11 is 1.43. The third-order valence-electron chi connectivity index (χ3n) is 5.57. The van der Waals surface area contributed by atoms with E-state index in [0.29, 0.717) is 4.88 Å². The Hall–Kier alpha value is -3.96. The maximum absolute atomic E-state index is 13.1. The van der Waals surface area contributed by atoms with Gasteiger partial charge in [0.25, 0.3) is 0 Å². The molecule has 0 saturated heterocycles. The number of thiazole rings is 1. The van der Waals surface area contributed by atoms with E-state index in [0.717, 1.165) is 44.5 Å². The zero-order chi connectivity index (χ0) is 22.8. The molecule has 0 atom stereocenters. The summed E-state index contributed by atoms with van der Waals surface area (Å²) in [6.45, 7) is 1.99. The Balaban J connectivity index is 1.58. The zero-order valence-corrected chi connectivity index (χ0v) is 19.2. The van der Waals surface area contributed by atoms with Crippen molar-refractivity contribution in [3.8, 4) is 28.3 Å². The number of methoxy groups -OCH3 is 1. The number of aromatic nitrogens is 2. The van der Waals surface area contributed by atoms with Crippen molar-refractivity contribution in [1.29, 1.82) is 0 Å². The summed E-state index contributed by atoms with van der Waals surface area (Å²) in [5.41, 5.74) is 5.89. The van der Waals surface area contributed by atoms with Crippen LogP contribution in [-0.4, -0.2) is 22.3 Å². The summed E-state index contributed by atoms with van der Waals surface area (Å²) in [6.07, 6.45) is 3.46. The SMILES string of the molecule is COc1ccc(C=CC(=O)c2sc3nc(-c4ccccc4)c(-c4ccccc4)n3c2C)cc1. The van der Waals surface area contributed by atoms with Gasteiger partial charge >= 0.3 is 0 Å². The molecule has 0 saturated carbocycles. The molecule has 5 rings (SSSR count). The lowest BCUT2D eigenvalue weighted by Crippen LogP contribution is -1.97. The molecule has 0 fully saturated rings. The van der Waals surface area contributed by atoms with Crippen LogP contribution in [0.5, 0.6) is 5.75 Å². The second kappa shape index (κ2) is 8.88. The van der Waals surface area contributed by atoms with Crippen molar-refractivity contribution >= 4 is 28.2 Å². The lowest BCUT2D eigenvalue weighted by atomic mass is 10.0. The third-order valence-corrected chi connectivity index (χ3v) is 6.72.